The Morgan fingerprint density at radius 2 is 1.57 bits per heavy atom. The van der Waals surface area contributed by atoms with Gasteiger partial charge in [-0.1, -0.05) is 41.9 Å². The third-order valence-electron chi connectivity index (χ3n) is 5.53. The van der Waals surface area contributed by atoms with Gasteiger partial charge in [0.05, 0.1) is 6.04 Å². The fourth-order valence-corrected chi connectivity index (χ4v) is 3.82. The average molecular weight is 523 g/mol. The maximum absolute atomic E-state index is 14.4. The topological polar surface area (TPSA) is 78.4 Å². The van der Waals surface area contributed by atoms with E-state index in [1.165, 1.54) is 6.07 Å². The van der Waals surface area contributed by atoms with Gasteiger partial charge in [-0.25, -0.2) is 13.2 Å². The summed E-state index contributed by atoms with van der Waals surface area (Å²) in [5, 5.41) is 16.1. The van der Waals surface area contributed by atoms with Crippen molar-refractivity contribution in [3.05, 3.63) is 120 Å². The van der Waals surface area contributed by atoms with Crippen LogP contribution < -0.4 is 21.5 Å². The van der Waals surface area contributed by atoms with Gasteiger partial charge in [-0.15, -0.1) is 12.4 Å². The van der Waals surface area contributed by atoms with E-state index >= 15 is 0 Å². The minimum atomic E-state index is -1.55. The molecule has 2 atom stereocenters. The number of hydrogen-bond donors (Lipinski definition) is 3. The minimum absolute atomic E-state index is 0. The van der Waals surface area contributed by atoms with E-state index in [4.69, 9.17) is 11.6 Å². The number of halogens is 5. The van der Waals surface area contributed by atoms with Crippen LogP contribution in [0.25, 0.3) is 0 Å². The molecule has 0 radical (unpaired) electrons. The first-order chi connectivity index (χ1) is 16.2. The van der Waals surface area contributed by atoms with Crippen molar-refractivity contribution in [2.75, 3.05) is 5.32 Å². The first-order valence-corrected chi connectivity index (χ1v) is 10.6. The fraction of sp³-hybridized carbons (Fsp3) is 0.120. The summed E-state index contributed by atoms with van der Waals surface area (Å²) in [6.07, 6.45) is 0. The monoisotopic (exact) mass is 522 g/mol. The summed E-state index contributed by atoms with van der Waals surface area (Å²) in [6.45, 7) is 1.61. The largest absolute Gasteiger partial charge is 0.502 e. The summed E-state index contributed by atoms with van der Waals surface area (Å²) in [5.74, 6) is -4.73. The highest BCUT2D eigenvalue weighted by molar-refractivity contribution is 6.30. The molecule has 35 heavy (non-hydrogen) atoms. The lowest BCUT2D eigenvalue weighted by Crippen LogP contribution is -2.32. The molecule has 10 heteroatoms. The van der Waals surface area contributed by atoms with Gasteiger partial charge in [0.1, 0.15) is 5.69 Å². The second-order valence-electron chi connectivity index (χ2n) is 7.77. The third kappa shape index (κ3) is 5.19. The van der Waals surface area contributed by atoms with Crippen LogP contribution in [-0.4, -0.2) is 5.11 Å². The molecule has 0 amide bonds. The number of hydrogen-bond acceptors (Lipinski definition) is 5. The molecule has 0 aliphatic heterocycles. The van der Waals surface area contributed by atoms with Crippen LogP contribution in [0.4, 0.5) is 24.5 Å². The molecule has 0 saturated heterocycles. The Balaban J connectivity index is 0.00000342. The molecule has 0 aromatic heterocycles. The van der Waals surface area contributed by atoms with Crippen molar-refractivity contribution in [3.63, 3.8) is 0 Å². The molecule has 182 valence electrons. The Morgan fingerprint density at radius 1 is 0.886 bits per heavy atom. The first-order valence-electron chi connectivity index (χ1n) is 10.2. The fourth-order valence-electron chi connectivity index (χ4n) is 3.69. The second kappa shape index (κ2) is 10.5. The summed E-state index contributed by atoms with van der Waals surface area (Å²) in [4.78, 5) is 23.0. The molecule has 0 fully saturated rings. The molecule has 0 spiro atoms. The molecule has 0 heterocycles. The lowest BCUT2D eigenvalue weighted by Gasteiger charge is -2.26. The van der Waals surface area contributed by atoms with E-state index in [1.54, 1.807) is 55.5 Å². The standard InChI is InChI=1S/C25H18ClF3N2O3.ClH/c1-12(17-9-10-18(27)20(29)19(17)28)30-21(13-5-7-15(26)8-6-13)14-3-2-4-16(11-14)31-22-23(32)25(34)24(22)33;/h2-12,21,30-32H,1H3;1H. The summed E-state index contributed by atoms with van der Waals surface area (Å²) >= 11 is 6.02. The van der Waals surface area contributed by atoms with Crippen LogP contribution in [0.15, 0.2) is 70.3 Å². The summed E-state index contributed by atoms with van der Waals surface area (Å²) in [5.41, 5.74) is -0.198. The number of anilines is 2. The molecule has 0 saturated carbocycles. The van der Waals surface area contributed by atoms with Crippen LogP contribution in [0.5, 0.6) is 5.75 Å². The van der Waals surface area contributed by atoms with Gasteiger partial charge >= 0.3 is 0 Å². The number of rotatable bonds is 7. The molecular weight excluding hydrogens is 504 g/mol. The SMILES string of the molecule is CC(NC(c1ccc(Cl)cc1)c1cccc(Nc2c(O)c(=O)c2=O)c1)c1ccc(F)c(F)c1F.Cl. The highest BCUT2D eigenvalue weighted by atomic mass is 35.5. The second-order valence-corrected chi connectivity index (χ2v) is 8.21. The van der Waals surface area contributed by atoms with Crippen molar-refractivity contribution in [1.29, 1.82) is 0 Å². The number of nitrogens with one attached hydrogen (secondary N) is 2. The van der Waals surface area contributed by atoms with E-state index in [1.807, 2.05) is 0 Å². The van der Waals surface area contributed by atoms with Crippen LogP contribution in [0, 0.1) is 17.5 Å². The van der Waals surface area contributed by atoms with Crippen LogP contribution in [0.2, 0.25) is 5.02 Å². The van der Waals surface area contributed by atoms with Gasteiger partial charge < -0.3 is 10.4 Å². The Kier molecular flexibility index (Phi) is 7.90. The van der Waals surface area contributed by atoms with Gasteiger partial charge in [0.15, 0.2) is 23.2 Å². The van der Waals surface area contributed by atoms with Crippen LogP contribution in [-0.2, 0) is 0 Å². The lowest BCUT2D eigenvalue weighted by atomic mass is 9.96. The predicted octanol–water partition coefficient (Wildman–Crippen LogP) is 5.66. The number of aromatic hydroxyl groups is 1. The van der Waals surface area contributed by atoms with E-state index in [9.17, 15) is 27.9 Å². The molecule has 0 bridgehead atoms. The van der Waals surface area contributed by atoms with Gasteiger partial charge in [-0.2, -0.15) is 0 Å². The molecular formula is C25H19Cl2F3N2O3. The Labute approximate surface area is 209 Å². The molecule has 5 nitrogen and oxygen atoms in total. The van der Waals surface area contributed by atoms with Gasteiger partial charge in [0, 0.05) is 22.3 Å². The van der Waals surface area contributed by atoms with Crippen LogP contribution >= 0.6 is 24.0 Å². The molecule has 4 aromatic rings. The van der Waals surface area contributed by atoms with Crippen molar-refractivity contribution in [2.45, 2.75) is 19.0 Å². The van der Waals surface area contributed by atoms with E-state index in [2.05, 4.69) is 10.6 Å². The zero-order chi connectivity index (χ0) is 24.6. The molecule has 0 aliphatic rings. The van der Waals surface area contributed by atoms with E-state index < -0.39 is 46.1 Å². The van der Waals surface area contributed by atoms with Crippen molar-refractivity contribution >= 4 is 35.4 Å². The smallest absolute Gasteiger partial charge is 0.271 e. The van der Waals surface area contributed by atoms with Crippen molar-refractivity contribution < 1.29 is 18.3 Å². The van der Waals surface area contributed by atoms with Crippen LogP contribution in [0.1, 0.15) is 35.7 Å². The molecule has 0 aliphatic carbocycles. The molecule has 4 rings (SSSR count). The Morgan fingerprint density at radius 3 is 2.23 bits per heavy atom. The first kappa shape index (κ1) is 26.3. The van der Waals surface area contributed by atoms with Gasteiger partial charge in [-0.3, -0.25) is 14.9 Å². The van der Waals surface area contributed by atoms with Gasteiger partial charge in [0.25, 0.3) is 10.9 Å². The molecule has 3 N–H and O–H groups in total. The average Bonchev–Trinajstić information content (AvgIpc) is 2.84. The maximum atomic E-state index is 14.4. The molecule has 4 aromatic carbocycles. The highest BCUT2D eigenvalue weighted by Crippen LogP contribution is 2.31. The lowest BCUT2D eigenvalue weighted by molar-refractivity contribution is 0.423. The van der Waals surface area contributed by atoms with E-state index in [0.29, 0.717) is 16.3 Å². The van der Waals surface area contributed by atoms with Crippen molar-refractivity contribution in [2.24, 2.45) is 0 Å². The van der Waals surface area contributed by atoms with Crippen molar-refractivity contribution in [1.82, 2.24) is 5.32 Å². The highest BCUT2D eigenvalue weighted by Gasteiger charge is 2.24. The minimum Gasteiger partial charge on any atom is -0.502 e. The summed E-state index contributed by atoms with van der Waals surface area (Å²) < 4.78 is 41.6. The quantitative estimate of drug-likeness (QED) is 0.215. The summed E-state index contributed by atoms with van der Waals surface area (Å²) in [7, 11) is 0. The number of benzene rings is 3. The maximum Gasteiger partial charge on any atom is 0.271 e. The zero-order valence-corrected chi connectivity index (χ0v) is 19.7. The van der Waals surface area contributed by atoms with Crippen LogP contribution in [0.3, 0.4) is 0 Å². The summed E-state index contributed by atoms with van der Waals surface area (Å²) in [6, 6.07) is 14.4. The third-order valence-corrected chi connectivity index (χ3v) is 5.78. The predicted molar refractivity (Wildman–Crippen MR) is 131 cm³/mol. The van der Waals surface area contributed by atoms with Gasteiger partial charge in [-0.05, 0) is 48.4 Å². The zero-order valence-electron chi connectivity index (χ0n) is 18.1. The normalized spacial score (nSPS) is 12.7. The van der Waals surface area contributed by atoms with Gasteiger partial charge in [0.2, 0.25) is 0 Å². The van der Waals surface area contributed by atoms with Crippen molar-refractivity contribution in [3.8, 4) is 5.75 Å². The Bertz CT molecular complexity index is 1440. The van der Waals surface area contributed by atoms with E-state index in [-0.39, 0.29) is 23.7 Å². The molecule has 2 unspecified atom stereocenters. The van der Waals surface area contributed by atoms with E-state index in [0.717, 1.165) is 11.6 Å². The Hall–Kier alpha value is -3.33.